The van der Waals surface area contributed by atoms with E-state index in [4.69, 9.17) is 24.1 Å². The van der Waals surface area contributed by atoms with E-state index < -0.39 is 5.97 Å². The van der Waals surface area contributed by atoms with Gasteiger partial charge >= 0.3 is 5.97 Å². The van der Waals surface area contributed by atoms with Gasteiger partial charge in [-0.15, -0.1) is 0 Å². The molecule has 0 aliphatic rings. The molecular weight excluding hydrogens is 430 g/mol. The van der Waals surface area contributed by atoms with Gasteiger partial charge in [0.15, 0.2) is 0 Å². The van der Waals surface area contributed by atoms with Gasteiger partial charge in [0.25, 0.3) is 0 Å². The Morgan fingerprint density at radius 2 is 1.31 bits per heavy atom. The number of carbonyl (C=O) groups is 5. The second-order valence-electron chi connectivity index (χ2n) is 5.88. The van der Waals surface area contributed by atoms with E-state index in [1.807, 2.05) is 0 Å². The van der Waals surface area contributed by atoms with Gasteiger partial charge in [-0.25, -0.2) is 0 Å². The van der Waals surface area contributed by atoms with E-state index in [1.54, 1.807) is 6.92 Å². The van der Waals surface area contributed by atoms with Crippen molar-refractivity contribution in [3.63, 3.8) is 0 Å². The summed E-state index contributed by atoms with van der Waals surface area (Å²) in [6.07, 6.45) is 1.13. The van der Waals surface area contributed by atoms with Crippen LogP contribution < -0.4 is 16.0 Å². The molecule has 32 heavy (non-hydrogen) atoms. The van der Waals surface area contributed by atoms with Crippen molar-refractivity contribution in [2.75, 3.05) is 72.5 Å². The number of hydrogen-bond acceptors (Lipinski definition) is 9. The topological polar surface area (TPSA) is 179 Å². The van der Waals surface area contributed by atoms with E-state index in [9.17, 15) is 24.0 Å². The molecule has 0 aliphatic heterocycles. The van der Waals surface area contributed by atoms with Gasteiger partial charge in [-0.3, -0.25) is 19.2 Å². The molecule has 0 spiro atoms. The van der Waals surface area contributed by atoms with E-state index in [1.165, 1.54) is 6.92 Å². The summed E-state index contributed by atoms with van der Waals surface area (Å²) < 4.78 is 20.5. The maximum atomic E-state index is 11.4. The largest absolute Gasteiger partial charge is 0.480 e. The van der Waals surface area contributed by atoms with Crippen LogP contribution in [-0.4, -0.2) is 108 Å². The van der Waals surface area contributed by atoms with Crippen molar-refractivity contribution in [2.45, 2.75) is 20.3 Å². The summed E-state index contributed by atoms with van der Waals surface area (Å²) in [5.74, 6) is -1.59. The van der Waals surface area contributed by atoms with Gasteiger partial charge in [0, 0.05) is 26.4 Å². The molecule has 0 aromatic carbocycles. The second-order valence-corrected chi connectivity index (χ2v) is 5.88. The molecule has 13 nitrogen and oxygen atoms in total. The fraction of sp³-hybridized carbons (Fsp3) is 0.737. The van der Waals surface area contributed by atoms with Crippen molar-refractivity contribution in [2.24, 2.45) is 0 Å². The van der Waals surface area contributed by atoms with Crippen LogP contribution in [0, 0.1) is 0 Å². The lowest BCUT2D eigenvalue weighted by Gasteiger charge is -2.08. The molecule has 0 saturated carbocycles. The minimum absolute atomic E-state index is 0.0102. The molecule has 0 rings (SSSR count). The molecule has 0 bridgehead atoms. The number of aldehydes is 1. The van der Waals surface area contributed by atoms with Gasteiger partial charge in [-0.05, 0) is 0 Å². The molecule has 0 aliphatic carbocycles. The zero-order valence-corrected chi connectivity index (χ0v) is 18.7. The first-order valence-corrected chi connectivity index (χ1v) is 10.1. The van der Waals surface area contributed by atoms with Crippen LogP contribution in [0.25, 0.3) is 0 Å². The Morgan fingerprint density at radius 3 is 1.78 bits per heavy atom. The van der Waals surface area contributed by atoms with Crippen LogP contribution in [0.1, 0.15) is 20.3 Å². The van der Waals surface area contributed by atoms with Crippen LogP contribution in [-0.2, 0) is 42.9 Å². The third-order valence-corrected chi connectivity index (χ3v) is 3.11. The van der Waals surface area contributed by atoms with Gasteiger partial charge in [-0.1, -0.05) is 6.92 Å². The summed E-state index contributed by atoms with van der Waals surface area (Å²) in [5.41, 5.74) is 0. The third-order valence-electron chi connectivity index (χ3n) is 3.11. The van der Waals surface area contributed by atoms with Crippen LogP contribution in [0.4, 0.5) is 0 Å². The number of rotatable bonds is 19. The lowest BCUT2D eigenvalue weighted by molar-refractivity contribution is -0.137. The molecule has 0 saturated heterocycles. The highest BCUT2D eigenvalue weighted by molar-refractivity contribution is 5.79. The number of aliphatic carboxylic acids is 1. The van der Waals surface area contributed by atoms with E-state index in [-0.39, 0.29) is 37.5 Å². The maximum absolute atomic E-state index is 11.4. The lowest BCUT2D eigenvalue weighted by Crippen LogP contribution is -2.31. The van der Waals surface area contributed by atoms with E-state index in [0.717, 1.165) is 0 Å². The van der Waals surface area contributed by atoms with Gasteiger partial charge < -0.3 is 44.8 Å². The molecule has 0 heterocycles. The smallest absolute Gasteiger partial charge is 0.322 e. The Morgan fingerprint density at radius 1 is 0.781 bits per heavy atom. The van der Waals surface area contributed by atoms with Crippen LogP contribution in [0.2, 0.25) is 0 Å². The fourth-order valence-corrected chi connectivity index (χ4v) is 1.64. The molecule has 0 aromatic heterocycles. The second kappa shape index (κ2) is 24.7. The summed E-state index contributed by atoms with van der Waals surface area (Å²) in [6, 6.07) is 0. The zero-order valence-electron chi connectivity index (χ0n) is 18.7. The Labute approximate surface area is 187 Å². The van der Waals surface area contributed by atoms with Gasteiger partial charge in [-0.2, -0.15) is 0 Å². The Bertz CT molecular complexity index is 517. The number of carboxylic acids is 1. The molecule has 0 fully saturated rings. The molecule has 186 valence electrons. The Hall–Kier alpha value is -2.61. The van der Waals surface area contributed by atoms with Crippen LogP contribution in [0.15, 0.2) is 0 Å². The van der Waals surface area contributed by atoms with Crippen molar-refractivity contribution in [3.8, 4) is 0 Å². The number of ether oxygens (including phenoxy) is 4. The molecular formula is C19H35N3O10. The maximum Gasteiger partial charge on any atom is 0.322 e. The number of nitrogens with one attached hydrogen (secondary N) is 3. The van der Waals surface area contributed by atoms with Gasteiger partial charge in [0.1, 0.15) is 26.0 Å². The summed E-state index contributed by atoms with van der Waals surface area (Å²) in [4.78, 5) is 52.0. The summed E-state index contributed by atoms with van der Waals surface area (Å²) in [6.45, 7) is 5.78. The van der Waals surface area contributed by atoms with Crippen molar-refractivity contribution >= 4 is 30.0 Å². The highest BCUT2D eigenvalue weighted by atomic mass is 16.5. The first-order chi connectivity index (χ1) is 15.3. The molecule has 13 heteroatoms. The standard InChI is InChI=1S/C15H28N2O7.C4H7NO3/c1-2-14(19)16-3-6-22-11-12-24-13-15(20)17-4-7-21-9-10-23-8-5-18;1-3(6)5-2-4(7)8/h5H,2-4,6-13H2,1H3,(H,16,19)(H,17,20);2H2,1H3,(H,5,6)(H,7,8). The van der Waals surface area contributed by atoms with Crippen LogP contribution in [0.3, 0.4) is 0 Å². The molecule has 0 unspecified atom stereocenters. The minimum atomic E-state index is -1.03. The van der Waals surface area contributed by atoms with Crippen LogP contribution >= 0.6 is 0 Å². The average Bonchev–Trinajstić information content (AvgIpc) is 2.76. The third kappa shape index (κ3) is 29.6. The highest BCUT2D eigenvalue weighted by Crippen LogP contribution is 1.81. The predicted octanol–water partition coefficient (Wildman–Crippen LogP) is -1.90. The van der Waals surface area contributed by atoms with Gasteiger partial charge in [0.05, 0.1) is 39.6 Å². The summed E-state index contributed by atoms with van der Waals surface area (Å²) >= 11 is 0. The average molecular weight is 466 g/mol. The SMILES string of the molecule is CC(=O)NCC(=O)O.CCC(=O)NCCOCCOCC(=O)NCCOCCOCC=O. The first kappa shape index (κ1) is 31.6. The number of carboxylic acid groups (broad SMARTS) is 1. The van der Waals surface area contributed by atoms with Crippen molar-refractivity contribution in [1.82, 2.24) is 16.0 Å². The lowest BCUT2D eigenvalue weighted by atomic mass is 10.4. The van der Waals surface area contributed by atoms with Crippen molar-refractivity contribution in [3.05, 3.63) is 0 Å². The number of amides is 3. The van der Waals surface area contributed by atoms with Gasteiger partial charge in [0.2, 0.25) is 17.7 Å². The fourth-order valence-electron chi connectivity index (χ4n) is 1.64. The Kier molecular flexibility index (Phi) is 24.3. The molecule has 4 N–H and O–H groups in total. The molecule has 3 amide bonds. The predicted molar refractivity (Wildman–Crippen MR) is 112 cm³/mol. The van der Waals surface area contributed by atoms with E-state index in [2.05, 4.69) is 16.0 Å². The summed E-state index contributed by atoms with van der Waals surface area (Å²) in [7, 11) is 0. The Balaban J connectivity index is 0. The van der Waals surface area contributed by atoms with Crippen LogP contribution in [0.5, 0.6) is 0 Å². The van der Waals surface area contributed by atoms with Crippen molar-refractivity contribution < 1.29 is 48.0 Å². The van der Waals surface area contributed by atoms with E-state index in [0.29, 0.717) is 65.4 Å². The normalized spacial score (nSPS) is 9.81. The molecule has 0 atom stereocenters. The molecule has 0 radical (unpaired) electrons. The number of carbonyl (C=O) groups excluding carboxylic acids is 4. The monoisotopic (exact) mass is 465 g/mol. The quantitative estimate of drug-likeness (QED) is 0.124. The number of hydrogen-bond donors (Lipinski definition) is 4. The highest BCUT2D eigenvalue weighted by Gasteiger charge is 2.01. The molecule has 0 aromatic rings. The minimum Gasteiger partial charge on any atom is -0.480 e. The van der Waals surface area contributed by atoms with Crippen molar-refractivity contribution in [1.29, 1.82) is 0 Å². The zero-order chi connectivity index (χ0) is 24.5. The van der Waals surface area contributed by atoms with E-state index >= 15 is 0 Å². The summed E-state index contributed by atoms with van der Waals surface area (Å²) in [5, 5.41) is 15.4. The first-order valence-electron chi connectivity index (χ1n) is 10.1.